The Hall–Kier alpha value is 0.137. The molecule has 0 N–H and O–H groups in total. The molecule has 0 aliphatic heterocycles. The fraction of sp³-hybridized carbons (Fsp3) is 1.00. The molecular formula is C9H22O2Si. The van der Waals surface area contributed by atoms with Crippen molar-refractivity contribution in [2.75, 3.05) is 14.2 Å². The Morgan fingerprint density at radius 2 is 1.83 bits per heavy atom. The minimum Gasteiger partial charge on any atom is -0.356 e. The zero-order valence-corrected chi connectivity index (χ0v) is 10.1. The molecule has 74 valence electrons. The summed E-state index contributed by atoms with van der Waals surface area (Å²) in [6.07, 6.45) is 3.88. The summed E-state index contributed by atoms with van der Waals surface area (Å²) < 4.78 is 10.2. The molecule has 0 unspecified atom stereocenters. The van der Waals surface area contributed by atoms with E-state index in [1.807, 2.05) is 0 Å². The van der Waals surface area contributed by atoms with Crippen molar-refractivity contribution < 1.29 is 9.47 Å². The highest BCUT2D eigenvalue weighted by Gasteiger charge is 2.03. The predicted octanol–water partition coefficient (Wildman–Crippen LogP) is 1.80. The largest absolute Gasteiger partial charge is 0.356 e. The highest BCUT2D eigenvalue weighted by atomic mass is 28.2. The van der Waals surface area contributed by atoms with Gasteiger partial charge in [0.05, 0.1) is 0 Å². The lowest BCUT2D eigenvalue weighted by atomic mass is 10.4. The number of ether oxygens (including phenoxy) is 2. The minimum atomic E-state index is 0.0409. The van der Waals surface area contributed by atoms with E-state index < -0.39 is 0 Å². The van der Waals surface area contributed by atoms with Gasteiger partial charge in [0.15, 0.2) is 6.29 Å². The Morgan fingerprint density at radius 1 is 1.17 bits per heavy atom. The fourth-order valence-electron chi connectivity index (χ4n) is 1.25. The summed E-state index contributed by atoms with van der Waals surface area (Å²) in [5.74, 6) is 0. The van der Waals surface area contributed by atoms with Crippen LogP contribution in [0.5, 0.6) is 0 Å². The van der Waals surface area contributed by atoms with Gasteiger partial charge in [-0.3, -0.25) is 0 Å². The van der Waals surface area contributed by atoms with Crippen molar-refractivity contribution in [1.82, 2.24) is 0 Å². The molecule has 0 heterocycles. The first-order valence-electron chi connectivity index (χ1n) is 4.90. The average molecular weight is 190 g/mol. The first kappa shape index (κ1) is 12.1. The summed E-state index contributed by atoms with van der Waals surface area (Å²) in [6.45, 7) is 2.25. The van der Waals surface area contributed by atoms with Gasteiger partial charge in [0, 0.05) is 23.7 Å². The van der Waals surface area contributed by atoms with Crippen LogP contribution in [0.4, 0.5) is 0 Å². The molecule has 0 saturated carbocycles. The molecule has 0 radical (unpaired) electrons. The monoisotopic (exact) mass is 190 g/mol. The quantitative estimate of drug-likeness (QED) is 0.330. The van der Waals surface area contributed by atoms with Crippen molar-refractivity contribution in [3.05, 3.63) is 0 Å². The average Bonchev–Trinajstić information content (AvgIpc) is 2.11. The molecule has 3 heteroatoms. The molecule has 0 fully saturated rings. The zero-order valence-electron chi connectivity index (χ0n) is 8.64. The SMILES string of the molecule is CCCC[SiH2]CCC(OC)OC. The van der Waals surface area contributed by atoms with Gasteiger partial charge in [0.25, 0.3) is 0 Å². The van der Waals surface area contributed by atoms with Crippen molar-refractivity contribution in [2.45, 2.75) is 44.6 Å². The van der Waals surface area contributed by atoms with E-state index in [-0.39, 0.29) is 15.8 Å². The van der Waals surface area contributed by atoms with E-state index in [1.165, 1.54) is 24.9 Å². The lowest BCUT2D eigenvalue weighted by Crippen LogP contribution is -2.13. The lowest BCUT2D eigenvalue weighted by molar-refractivity contribution is -0.103. The molecule has 0 aromatic carbocycles. The number of methoxy groups -OCH3 is 2. The summed E-state index contributed by atoms with van der Waals surface area (Å²) >= 11 is 0. The number of unbranched alkanes of at least 4 members (excludes halogenated alkanes) is 1. The first-order valence-corrected chi connectivity index (χ1v) is 6.90. The molecular weight excluding hydrogens is 168 g/mol. The van der Waals surface area contributed by atoms with E-state index in [2.05, 4.69) is 6.92 Å². The molecule has 0 aromatic heterocycles. The van der Waals surface area contributed by atoms with Crippen molar-refractivity contribution in [2.24, 2.45) is 0 Å². The van der Waals surface area contributed by atoms with E-state index in [9.17, 15) is 0 Å². The summed E-state index contributed by atoms with van der Waals surface area (Å²) in [4.78, 5) is 0. The maximum absolute atomic E-state index is 5.11. The van der Waals surface area contributed by atoms with Gasteiger partial charge in [-0.25, -0.2) is 0 Å². The third kappa shape index (κ3) is 6.82. The molecule has 0 amide bonds. The standard InChI is InChI=1S/C9H22O2Si/c1-4-5-7-12-8-6-9(10-2)11-3/h9H,4-8,12H2,1-3H3. The van der Waals surface area contributed by atoms with Crippen LogP contribution in [0.2, 0.25) is 12.1 Å². The molecule has 0 saturated heterocycles. The Bertz CT molecular complexity index is 84.6. The van der Waals surface area contributed by atoms with Gasteiger partial charge >= 0.3 is 0 Å². The van der Waals surface area contributed by atoms with Gasteiger partial charge in [0.1, 0.15) is 0 Å². The van der Waals surface area contributed by atoms with Crippen LogP contribution in [-0.2, 0) is 9.47 Å². The molecule has 0 aliphatic rings. The smallest absolute Gasteiger partial charge is 0.156 e. The zero-order chi connectivity index (χ0) is 9.23. The number of rotatable bonds is 8. The molecule has 0 aromatic rings. The highest BCUT2D eigenvalue weighted by Crippen LogP contribution is 2.04. The predicted molar refractivity (Wildman–Crippen MR) is 55.5 cm³/mol. The summed E-state index contributed by atoms with van der Waals surface area (Å²) in [5, 5.41) is 0. The number of hydrogen-bond acceptors (Lipinski definition) is 2. The first-order chi connectivity index (χ1) is 5.85. The molecule has 2 nitrogen and oxygen atoms in total. The van der Waals surface area contributed by atoms with E-state index in [1.54, 1.807) is 14.2 Å². The third-order valence-corrected chi connectivity index (χ3v) is 3.98. The summed E-state index contributed by atoms with van der Waals surface area (Å²) in [7, 11) is 3.60. The van der Waals surface area contributed by atoms with Crippen LogP contribution in [0.25, 0.3) is 0 Å². The van der Waals surface area contributed by atoms with Gasteiger partial charge in [-0.1, -0.05) is 31.9 Å². The van der Waals surface area contributed by atoms with Crippen molar-refractivity contribution >= 4 is 9.52 Å². The number of hydrogen-bond donors (Lipinski definition) is 0. The molecule has 0 bridgehead atoms. The van der Waals surface area contributed by atoms with Crippen molar-refractivity contribution in [1.29, 1.82) is 0 Å². The van der Waals surface area contributed by atoms with E-state index in [0.29, 0.717) is 0 Å². The van der Waals surface area contributed by atoms with Gasteiger partial charge in [-0.05, 0) is 6.42 Å². The van der Waals surface area contributed by atoms with Crippen molar-refractivity contribution in [3.8, 4) is 0 Å². The Kier molecular flexibility index (Phi) is 9.33. The van der Waals surface area contributed by atoms with E-state index >= 15 is 0 Å². The van der Waals surface area contributed by atoms with Crippen LogP contribution < -0.4 is 0 Å². The molecule has 0 spiro atoms. The van der Waals surface area contributed by atoms with Crippen LogP contribution in [-0.4, -0.2) is 30.0 Å². The Labute approximate surface area is 78.5 Å². The van der Waals surface area contributed by atoms with E-state index in [0.717, 1.165) is 6.42 Å². The highest BCUT2D eigenvalue weighted by molar-refractivity contribution is 6.35. The second-order valence-corrected chi connectivity index (χ2v) is 5.23. The van der Waals surface area contributed by atoms with Gasteiger partial charge in [-0.15, -0.1) is 0 Å². The van der Waals surface area contributed by atoms with Gasteiger partial charge in [0.2, 0.25) is 0 Å². The van der Waals surface area contributed by atoms with Gasteiger partial charge < -0.3 is 9.47 Å². The van der Waals surface area contributed by atoms with Crippen LogP contribution in [0.15, 0.2) is 0 Å². The van der Waals surface area contributed by atoms with E-state index in [4.69, 9.17) is 9.47 Å². The summed E-state index contributed by atoms with van der Waals surface area (Å²) in [5.41, 5.74) is 0. The fourth-order valence-corrected chi connectivity index (χ4v) is 3.08. The second kappa shape index (κ2) is 9.23. The van der Waals surface area contributed by atoms with Crippen molar-refractivity contribution in [3.63, 3.8) is 0 Å². The normalized spacial score (nSPS) is 12.0. The van der Waals surface area contributed by atoms with Gasteiger partial charge in [-0.2, -0.15) is 0 Å². The van der Waals surface area contributed by atoms with Crippen LogP contribution in [0.3, 0.4) is 0 Å². The maximum Gasteiger partial charge on any atom is 0.156 e. The summed E-state index contributed by atoms with van der Waals surface area (Å²) in [6, 6.07) is 2.84. The Balaban J connectivity index is 3.06. The molecule has 0 aliphatic carbocycles. The van der Waals surface area contributed by atoms with Crippen LogP contribution in [0.1, 0.15) is 26.2 Å². The Morgan fingerprint density at radius 3 is 2.33 bits per heavy atom. The second-order valence-electron chi connectivity index (χ2n) is 3.10. The topological polar surface area (TPSA) is 18.5 Å². The molecule has 12 heavy (non-hydrogen) atoms. The maximum atomic E-state index is 5.11. The van der Waals surface area contributed by atoms with Crippen LogP contribution >= 0.6 is 0 Å². The molecule has 0 atom stereocenters. The third-order valence-electron chi connectivity index (χ3n) is 2.07. The molecule has 0 rings (SSSR count). The lowest BCUT2D eigenvalue weighted by Gasteiger charge is -2.12. The minimum absolute atomic E-state index is 0.0409. The van der Waals surface area contributed by atoms with Crippen LogP contribution in [0, 0.1) is 0 Å².